The van der Waals surface area contributed by atoms with Crippen molar-refractivity contribution >= 4 is 17.1 Å². The highest BCUT2D eigenvalue weighted by Crippen LogP contribution is 2.25. The monoisotopic (exact) mass is 282 g/mol. The molecule has 2 heterocycles. The van der Waals surface area contributed by atoms with Crippen LogP contribution in [-0.2, 0) is 0 Å². The molecule has 1 aromatic heterocycles. The minimum Gasteiger partial charge on any atom is -0.507 e. The zero-order valence-corrected chi connectivity index (χ0v) is 11.9. The van der Waals surface area contributed by atoms with Crippen molar-refractivity contribution in [3.8, 4) is 5.75 Å². The van der Waals surface area contributed by atoms with Gasteiger partial charge in [0.15, 0.2) is 0 Å². The molecule has 5 nitrogen and oxygen atoms in total. The van der Waals surface area contributed by atoms with Crippen LogP contribution < -0.4 is 26.8 Å². The third-order valence-corrected chi connectivity index (χ3v) is 3.69. The first-order valence-corrected chi connectivity index (χ1v) is 6.88. The van der Waals surface area contributed by atoms with Crippen LogP contribution in [-0.4, -0.2) is 23.7 Å². The molecule has 5 heteroatoms. The number of pyridine rings is 1. The van der Waals surface area contributed by atoms with Gasteiger partial charge in [-0.15, -0.1) is 0 Å². The van der Waals surface area contributed by atoms with Crippen molar-refractivity contribution < 1.29 is 5.11 Å². The Bertz CT molecular complexity index is 798. The average molecular weight is 282 g/mol. The molecule has 0 bridgehead atoms. The summed E-state index contributed by atoms with van der Waals surface area (Å²) in [6.07, 6.45) is 4.26. The van der Waals surface area contributed by atoms with Crippen molar-refractivity contribution in [2.24, 2.45) is 5.73 Å². The first kappa shape index (κ1) is 13.3. The lowest BCUT2D eigenvalue weighted by atomic mass is 10.1. The van der Waals surface area contributed by atoms with Crippen LogP contribution in [0.4, 0.5) is 5.69 Å². The molecule has 3 rings (SSSR count). The van der Waals surface area contributed by atoms with E-state index in [9.17, 15) is 5.11 Å². The van der Waals surface area contributed by atoms with E-state index in [1.807, 2.05) is 25.2 Å². The van der Waals surface area contributed by atoms with Crippen molar-refractivity contribution in [1.82, 2.24) is 10.3 Å². The van der Waals surface area contributed by atoms with Crippen molar-refractivity contribution in [3.05, 3.63) is 52.7 Å². The first-order valence-electron chi connectivity index (χ1n) is 6.88. The summed E-state index contributed by atoms with van der Waals surface area (Å²) in [6.45, 7) is 0.725. The summed E-state index contributed by atoms with van der Waals surface area (Å²) in [6, 6.07) is 7.46. The Balaban J connectivity index is 2.32. The molecule has 0 atom stereocenters. The number of nitrogens with two attached hydrogens (primary N) is 1. The second kappa shape index (κ2) is 5.36. The molecule has 0 radical (unpaired) electrons. The Kier molecular flexibility index (Phi) is 3.39. The fraction of sp³-hybridized carbons (Fsp3) is 0.188. The number of nitrogens with one attached hydrogen (secondary N) is 2. The molecular formula is C16H18N4O. The molecule has 0 unspecified atom stereocenters. The number of fused-ring (bicyclic) bond motifs is 1. The van der Waals surface area contributed by atoms with Gasteiger partial charge in [-0.2, -0.15) is 0 Å². The summed E-state index contributed by atoms with van der Waals surface area (Å²) in [7, 11) is 1.82. The molecule has 2 aromatic rings. The van der Waals surface area contributed by atoms with E-state index >= 15 is 0 Å². The Morgan fingerprint density at radius 3 is 2.90 bits per heavy atom. The SMILES string of the molecule is CNc1ccc(C2=c3ccncc3=C(N)CCN2)c(O)c1. The molecule has 108 valence electrons. The number of nitrogens with zero attached hydrogens (tertiary/aromatic N) is 1. The van der Waals surface area contributed by atoms with Gasteiger partial charge >= 0.3 is 0 Å². The van der Waals surface area contributed by atoms with E-state index in [0.717, 1.165) is 46.0 Å². The van der Waals surface area contributed by atoms with E-state index in [1.165, 1.54) is 0 Å². The van der Waals surface area contributed by atoms with Crippen LogP contribution in [0.3, 0.4) is 0 Å². The van der Waals surface area contributed by atoms with Gasteiger partial charge in [-0.05, 0) is 18.2 Å². The maximum Gasteiger partial charge on any atom is 0.126 e. The highest BCUT2D eigenvalue weighted by Gasteiger charge is 2.12. The Morgan fingerprint density at radius 2 is 2.14 bits per heavy atom. The van der Waals surface area contributed by atoms with Gasteiger partial charge in [0.2, 0.25) is 0 Å². The quantitative estimate of drug-likeness (QED) is 0.625. The second-order valence-electron chi connectivity index (χ2n) is 4.98. The molecule has 0 saturated heterocycles. The summed E-state index contributed by atoms with van der Waals surface area (Å²) < 4.78 is 0. The highest BCUT2D eigenvalue weighted by molar-refractivity contribution is 5.72. The molecule has 0 spiro atoms. The number of aromatic nitrogens is 1. The number of benzene rings is 1. The van der Waals surface area contributed by atoms with E-state index < -0.39 is 0 Å². The summed E-state index contributed by atoms with van der Waals surface area (Å²) in [5, 5.41) is 18.6. The normalized spacial score (nSPS) is 14.1. The van der Waals surface area contributed by atoms with Crippen molar-refractivity contribution in [3.63, 3.8) is 0 Å². The predicted molar refractivity (Wildman–Crippen MR) is 83.9 cm³/mol. The molecule has 0 aliphatic carbocycles. The van der Waals surface area contributed by atoms with Gasteiger partial charge in [0.25, 0.3) is 0 Å². The van der Waals surface area contributed by atoms with E-state index in [0.29, 0.717) is 0 Å². The van der Waals surface area contributed by atoms with Gasteiger partial charge in [0.05, 0.1) is 5.70 Å². The van der Waals surface area contributed by atoms with Crippen LogP contribution in [0, 0.1) is 0 Å². The molecular weight excluding hydrogens is 264 g/mol. The number of phenols is 1. The van der Waals surface area contributed by atoms with Crippen molar-refractivity contribution in [1.29, 1.82) is 0 Å². The van der Waals surface area contributed by atoms with Gasteiger partial charge in [-0.3, -0.25) is 4.98 Å². The lowest BCUT2D eigenvalue weighted by Gasteiger charge is -2.12. The van der Waals surface area contributed by atoms with E-state index in [4.69, 9.17) is 5.73 Å². The van der Waals surface area contributed by atoms with Crippen molar-refractivity contribution in [2.45, 2.75) is 6.42 Å². The van der Waals surface area contributed by atoms with E-state index in [-0.39, 0.29) is 5.75 Å². The number of aromatic hydroxyl groups is 1. The van der Waals surface area contributed by atoms with Gasteiger partial charge in [0.1, 0.15) is 5.75 Å². The van der Waals surface area contributed by atoms with Crippen LogP contribution in [0.25, 0.3) is 11.4 Å². The van der Waals surface area contributed by atoms with E-state index in [1.54, 1.807) is 18.5 Å². The summed E-state index contributed by atoms with van der Waals surface area (Å²) >= 11 is 0. The predicted octanol–water partition coefficient (Wildman–Crippen LogP) is 0.0456. The molecule has 1 aliphatic rings. The highest BCUT2D eigenvalue weighted by atomic mass is 16.3. The standard InChI is InChI=1S/C16H18N4O/c1-18-10-2-3-12(15(21)8-10)16-11-4-6-19-9-13(11)14(17)5-7-20-16/h2-4,6,8-9,18,20-21H,5,7,17H2,1H3. The Morgan fingerprint density at radius 1 is 1.29 bits per heavy atom. The summed E-state index contributed by atoms with van der Waals surface area (Å²) in [5.74, 6) is 0.229. The largest absolute Gasteiger partial charge is 0.507 e. The fourth-order valence-electron chi connectivity index (χ4n) is 2.56. The topological polar surface area (TPSA) is 83.2 Å². The summed E-state index contributed by atoms with van der Waals surface area (Å²) in [5.41, 5.74) is 9.44. The van der Waals surface area contributed by atoms with E-state index in [2.05, 4.69) is 15.6 Å². The lowest BCUT2D eigenvalue weighted by Crippen LogP contribution is -2.33. The zero-order chi connectivity index (χ0) is 14.8. The van der Waals surface area contributed by atoms with Gasteiger partial charge in [-0.25, -0.2) is 0 Å². The molecule has 21 heavy (non-hydrogen) atoms. The Hall–Kier alpha value is -2.69. The molecule has 5 N–H and O–H groups in total. The minimum absolute atomic E-state index is 0.229. The smallest absolute Gasteiger partial charge is 0.126 e. The van der Waals surface area contributed by atoms with Crippen LogP contribution in [0.2, 0.25) is 0 Å². The van der Waals surface area contributed by atoms with Crippen LogP contribution in [0.5, 0.6) is 5.75 Å². The first-order chi connectivity index (χ1) is 10.2. The molecule has 1 aromatic carbocycles. The fourth-order valence-corrected chi connectivity index (χ4v) is 2.56. The van der Waals surface area contributed by atoms with Crippen LogP contribution >= 0.6 is 0 Å². The summed E-state index contributed by atoms with van der Waals surface area (Å²) in [4.78, 5) is 4.15. The van der Waals surface area contributed by atoms with Gasteiger partial charge in [0, 0.05) is 65.9 Å². The molecule has 0 fully saturated rings. The maximum absolute atomic E-state index is 10.3. The van der Waals surface area contributed by atoms with Gasteiger partial charge < -0.3 is 21.5 Å². The van der Waals surface area contributed by atoms with Crippen molar-refractivity contribution in [2.75, 3.05) is 18.9 Å². The van der Waals surface area contributed by atoms with Gasteiger partial charge in [-0.1, -0.05) is 0 Å². The third-order valence-electron chi connectivity index (χ3n) is 3.69. The number of anilines is 1. The minimum atomic E-state index is 0.229. The second-order valence-corrected chi connectivity index (χ2v) is 4.98. The third kappa shape index (κ3) is 2.38. The van der Waals surface area contributed by atoms with Crippen LogP contribution in [0.15, 0.2) is 36.7 Å². The zero-order valence-electron chi connectivity index (χ0n) is 11.9. The number of hydrogen-bond acceptors (Lipinski definition) is 5. The molecule has 1 aliphatic heterocycles. The number of rotatable bonds is 2. The maximum atomic E-state index is 10.3. The number of hydrogen-bond donors (Lipinski definition) is 4. The molecule has 0 amide bonds. The van der Waals surface area contributed by atoms with Crippen LogP contribution in [0.1, 0.15) is 12.0 Å². The number of phenolic OH excluding ortho intramolecular Hbond substituents is 1. The average Bonchev–Trinajstić information content (AvgIpc) is 2.67. The Labute approximate surface area is 122 Å². The lowest BCUT2D eigenvalue weighted by molar-refractivity contribution is 0.473. The molecule has 0 saturated carbocycles.